The Hall–Kier alpha value is -3.11. The van der Waals surface area contributed by atoms with Crippen LogP contribution in [0.15, 0.2) is 65.8 Å². The number of hydrogen-bond acceptors (Lipinski definition) is 4. The predicted molar refractivity (Wildman–Crippen MR) is 117 cm³/mol. The number of pyridine rings is 1. The summed E-state index contributed by atoms with van der Waals surface area (Å²) in [5.41, 5.74) is 3.01. The molecule has 1 atom stereocenters. The first-order chi connectivity index (χ1) is 14.5. The van der Waals surface area contributed by atoms with Crippen molar-refractivity contribution in [1.29, 1.82) is 0 Å². The molecule has 1 aliphatic rings. The number of anilines is 1. The fourth-order valence-electron chi connectivity index (χ4n) is 2.89. The zero-order valence-corrected chi connectivity index (χ0v) is 17.1. The monoisotopic (exact) mass is 436 g/mol. The van der Waals surface area contributed by atoms with E-state index in [2.05, 4.69) is 21.5 Å². The summed E-state index contributed by atoms with van der Waals surface area (Å²) in [6.07, 6.45) is 5.44. The Labute approximate surface area is 181 Å². The van der Waals surface area contributed by atoms with Gasteiger partial charge in [-0.2, -0.15) is 0 Å². The molecule has 3 aromatic rings. The lowest BCUT2D eigenvalue weighted by Crippen LogP contribution is -2.27. The minimum Gasteiger partial charge on any atom is -0.588 e. The second kappa shape index (κ2) is 8.72. The van der Waals surface area contributed by atoms with Crippen LogP contribution in [0.4, 0.5) is 10.1 Å². The van der Waals surface area contributed by atoms with Crippen molar-refractivity contribution in [3.8, 4) is 11.8 Å². The number of ketones is 1. The molecule has 4 nitrogen and oxygen atoms in total. The van der Waals surface area contributed by atoms with E-state index >= 15 is 0 Å². The molecule has 0 aliphatic carbocycles. The summed E-state index contributed by atoms with van der Waals surface area (Å²) in [5.74, 6) is 5.17. The summed E-state index contributed by atoms with van der Waals surface area (Å²) >= 11 is 4.06. The molecule has 0 saturated carbocycles. The lowest BCUT2D eigenvalue weighted by atomic mass is 10.0. The molecule has 0 saturated heterocycles. The second-order valence-electron chi connectivity index (χ2n) is 6.48. The van der Waals surface area contributed by atoms with Crippen molar-refractivity contribution in [2.45, 2.75) is 6.42 Å². The molecule has 1 N–H and O–H groups in total. The molecule has 148 valence electrons. The van der Waals surface area contributed by atoms with E-state index in [-0.39, 0.29) is 15.7 Å². The molecule has 1 aromatic heterocycles. The first kappa shape index (κ1) is 20.2. The van der Waals surface area contributed by atoms with Crippen LogP contribution >= 0.6 is 11.6 Å². The number of rotatable bonds is 2. The van der Waals surface area contributed by atoms with E-state index in [9.17, 15) is 13.7 Å². The first-order valence-electron chi connectivity index (χ1n) is 8.93. The molecule has 7 heteroatoms. The van der Waals surface area contributed by atoms with E-state index in [1.165, 1.54) is 24.3 Å². The highest BCUT2D eigenvalue weighted by Crippen LogP contribution is 2.31. The molecule has 4 rings (SSSR count). The number of hydrogen-bond donors (Lipinski definition) is 1. The number of Topliss-reactive ketones (excluding diaryl/α,β-unsaturated/α-hetero) is 1. The Bertz CT molecular complexity index is 1220. The lowest BCUT2D eigenvalue weighted by molar-refractivity contribution is 0.104. The highest BCUT2D eigenvalue weighted by molar-refractivity contribution is 7.97. The van der Waals surface area contributed by atoms with Crippen LogP contribution in [0.1, 0.15) is 27.0 Å². The topological polar surface area (TPSA) is 65.0 Å². The fraction of sp³-hybridized carbons (Fsp3) is 0.0435. The van der Waals surface area contributed by atoms with E-state index in [0.29, 0.717) is 28.8 Å². The standard InChI is InChI=1S/C23H14ClFN2O2S/c24-19-12-17(6-8-20(19)25)13-22-23(28)18-11-15(7-9-21(18)27-30(22)29)3-1-4-16-5-2-10-26-14-16/h2,5-14,27H,4H2/b22-13-. The third-order valence-electron chi connectivity index (χ3n) is 4.38. The van der Waals surface area contributed by atoms with Gasteiger partial charge in [-0.3, -0.25) is 9.78 Å². The van der Waals surface area contributed by atoms with Gasteiger partial charge in [-0.05, 0) is 47.5 Å². The fourth-order valence-corrected chi connectivity index (χ4v) is 4.09. The second-order valence-corrected chi connectivity index (χ2v) is 8.07. The van der Waals surface area contributed by atoms with Gasteiger partial charge in [0.2, 0.25) is 10.7 Å². The molecule has 0 bridgehead atoms. The summed E-state index contributed by atoms with van der Waals surface area (Å²) < 4.78 is 28.7. The molecule has 30 heavy (non-hydrogen) atoms. The highest BCUT2D eigenvalue weighted by atomic mass is 35.5. The van der Waals surface area contributed by atoms with Crippen LogP contribution in [0, 0.1) is 17.7 Å². The average Bonchev–Trinajstić information content (AvgIpc) is 2.75. The zero-order chi connectivity index (χ0) is 21.1. The molecule has 0 radical (unpaired) electrons. The molecular formula is C23H14ClFN2O2S. The number of carbonyl (C=O) groups is 1. The van der Waals surface area contributed by atoms with Crippen molar-refractivity contribution in [2.75, 3.05) is 4.72 Å². The molecule has 0 spiro atoms. The van der Waals surface area contributed by atoms with Gasteiger partial charge in [-0.15, -0.1) is 0 Å². The molecule has 0 fully saturated rings. The molecule has 0 amide bonds. The number of benzene rings is 2. The molecule has 1 unspecified atom stereocenters. The number of aromatic nitrogens is 1. The van der Waals surface area contributed by atoms with Gasteiger partial charge in [0.15, 0.2) is 0 Å². The van der Waals surface area contributed by atoms with Crippen molar-refractivity contribution in [2.24, 2.45) is 0 Å². The lowest BCUT2D eigenvalue weighted by Gasteiger charge is -2.21. The number of halogens is 2. The van der Waals surface area contributed by atoms with Crippen LogP contribution < -0.4 is 4.72 Å². The van der Waals surface area contributed by atoms with Crippen LogP contribution in [0.5, 0.6) is 0 Å². The Balaban J connectivity index is 1.61. The predicted octanol–water partition coefficient (Wildman–Crippen LogP) is 4.78. The van der Waals surface area contributed by atoms with Gasteiger partial charge in [0.1, 0.15) is 17.2 Å². The molecular weight excluding hydrogens is 423 g/mol. The minimum absolute atomic E-state index is 0.0608. The van der Waals surface area contributed by atoms with Gasteiger partial charge < -0.3 is 4.55 Å². The number of nitrogens with zero attached hydrogens (tertiary/aromatic N) is 1. The number of carbonyl (C=O) groups excluding carboxylic acids is 1. The van der Waals surface area contributed by atoms with Crippen LogP contribution in [-0.4, -0.2) is 15.3 Å². The Morgan fingerprint density at radius 3 is 2.87 bits per heavy atom. The minimum atomic E-state index is -1.74. The average molecular weight is 437 g/mol. The maximum absolute atomic E-state index is 13.4. The van der Waals surface area contributed by atoms with Crippen molar-refractivity contribution >= 4 is 40.5 Å². The Morgan fingerprint density at radius 1 is 1.23 bits per heavy atom. The quantitative estimate of drug-likeness (QED) is 0.356. The normalized spacial score (nSPS) is 16.4. The number of fused-ring (bicyclic) bond motifs is 1. The van der Waals surface area contributed by atoms with E-state index in [1.807, 2.05) is 12.1 Å². The summed E-state index contributed by atoms with van der Waals surface area (Å²) in [6.45, 7) is 0. The van der Waals surface area contributed by atoms with Crippen LogP contribution in [-0.2, 0) is 17.8 Å². The molecule has 2 heterocycles. The van der Waals surface area contributed by atoms with Crippen molar-refractivity contribution < 1.29 is 13.7 Å². The largest absolute Gasteiger partial charge is 0.588 e. The molecule has 2 aromatic carbocycles. The van der Waals surface area contributed by atoms with Crippen molar-refractivity contribution in [3.63, 3.8) is 0 Å². The van der Waals surface area contributed by atoms with Gasteiger partial charge in [0, 0.05) is 30.5 Å². The number of allylic oxidation sites excluding steroid dienone is 1. The van der Waals surface area contributed by atoms with Gasteiger partial charge in [-0.25, -0.2) is 9.11 Å². The van der Waals surface area contributed by atoms with Gasteiger partial charge >= 0.3 is 0 Å². The van der Waals surface area contributed by atoms with E-state index < -0.39 is 17.2 Å². The Kier molecular flexibility index (Phi) is 5.86. The molecule has 1 aliphatic heterocycles. The summed E-state index contributed by atoms with van der Waals surface area (Å²) in [4.78, 5) is 17.1. The highest BCUT2D eigenvalue weighted by Gasteiger charge is 2.33. The smallest absolute Gasteiger partial charge is 0.245 e. The summed E-state index contributed by atoms with van der Waals surface area (Å²) in [5, 5.41) is -0.0714. The van der Waals surface area contributed by atoms with Crippen molar-refractivity contribution in [1.82, 2.24) is 4.98 Å². The maximum atomic E-state index is 13.4. The Morgan fingerprint density at radius 2 is 2.10 bits per heavy atom. The third-order valence-corrected chi connectivity index (χ3v) is 5.78. The summed E-state index contributed by atoms with van der Waals surface area (Å²) in [7, 11) is 0. The van der Waals surface area contributed by atoms with Gasteiger partial charge in [0.25, 0.3) is 0 Å². The van der Waals surface area contributed by atoms with E-state index in [4.69, 9.17) is 11.6 Å². The SMILES string of the molecule is O=C1/C(=C/c2ccc(F)c(Cl)c2)[S+]([O-])Nc2ccc(C#CCc3cccnc3)cc21. The van der Waals surface area contributed by atoms with Gasteiger partial charge in [-0.1, -0.05) is 35.6 Å². The van der Waals surface area contributed by atoms with Crippen LogP contribution in [0.3, 0.4) is 0 Å². The van der Waals surface area contributed by atoms with E-state index in [1.54, 1.807) is 30.6 Å². The zero-order valence-electron chi connectivity index (χ0n) is 15.5. The van der Waals surface area contributed by atoms with Gasteiger partial charge in [0.05, 0.1) is 16.3 Å². The third kappa shape index (κ3) is 4.39. The van der Waals surface area contributed by atoms with E-state index in [0.717, 1.165) is 5.56 Å². The van der Waals surface area contributed by atoms with Crippen molar-refractivity contribution in [3.05, 3.63) is 98.9 Å². The van der Waals surface area contributed by atoms with Crippen LogP contribution in [0.2, 0.25) is 5.02 Å². The maximum Gasteiger partial charge on any atom is 0.245 e. The number of nitrogens with one attached hydrogen (secondary N) is 1. The first-order valence-corrected chi connectivity index (χ1v) is 10.5. The summed E-state index contributed by atoms with van der Waals surface area (Å²) in [6, 6.07) is 13.0. The van der Waals surface area contributed by atoms with Crippen LogP contribution in [0.25, 0.3) is 6.08 Å².